The molecule has 1 N–H and O–H groups in total. The summed E-state index contributed by atoms with van der Waals surface area (Å²) in [5.41, 5.74) is 2.47. The molecule has 1 amide bonds. The van der Waals surface area contributed by atoms with Gasteiger partial charge in [-0.25, -0.2) is 4.39 Å². The summed E-state index contributed by atoms with van der Waals surface area (Å²) in [7, 11) is 0. The number of esters is 3. The molecule has 42 heavy (non-hydrogen) atoms. The lowest BCUT2D eigenvalue weighted by atomic mass is 9.95. The smallest absolute Gasteiger partial charge is 0.303 e. The minimum atomic E-state index is -0.990. The van der Waals surface area contributed by atoms with Crippen LogP contribution in [0, 0.1) is 5.82 Å². The second kappa shape index (κ2) is 15.9. The summed E-state index contributed by atoms with van der Waals surface area (Å²) < 4.78 is 41.9. The molecule has 0 radical (unpaired) electrons. The molecule has 4 atom stereocenters. The molecule has 11 heteroatoms. The van der Waals surface area contributed by atoms with Gasteiger partial charge in [0.2, 0.25) is 5.91 Å². The second-order valence-electron chi connectivity index (χ2n) is 10.1. The molecule has 2 aromatic carbocycles. The highest BCUT2D eigenvalue weighted by Crippen LogP contribution is 2.30. The fraction of sp³-hybridized carbons (Fsp3) is 0.484. The Morgan fingerprint density at radius 2 is 1.62 bits per heavy atom. The first kappa shape index (κ1) is 32.5. The molecule has 1 aliphatic heterocycles. The summed E-state index contributed by atoms with van der Waals surface area (Å²) in [4.78, 5) is 46.4. The first-order valence-corrected chi connectivity index (χ1v) is 13.9. The van der Waals surface area contributed by atoms with Gasteiger partial charge >= 0.3 is 17.9 Å². The van der Waals surface area contributed by atoms with Crippen molar-refractivity contribution in [2.45, 2.75) is 77.8 Å². The number of ether oxygens (including phenoxy) is 5. The molecule has 1 unspecified atom stereocenters. The monoisotopic (exact) mass is 587 g/mol. The van der Waals surface area contributed by atoms with Crippen LogP contribution in [0.3, 0.4) is 0 Å². The zero-order chi connectivity index (χ0) is 30.6. The highest BCUT2D eigenvalue weighted by Gasteiger charge is 2.46. The summed E-state index contributed by atoms with van der Waals surface area (Å²) in [5.74, 6) is -1.60. The topological polar surface area (TPSA) is 126 Å². The maximum Gasteiger partial charge on any atom is 0.303 e. The molecule has 228 valence electrons. The Hall–Kier alpha value is -3.99. The molecule has 1 fully saturated rings. The zero-order valence-corrected chi connectivity index (χ0v) is 24.4. The number of benzene rings is 2. The normalized spacial score (nSPS) is 19.8. The number of hydrogen-bond acceptors (Lipinski definition) is 9. The second-order valence-corrected chi connectivity index (χ2v) is 10.1. The van der Waals surface area contributed by atoms with E-state index < -0.39 is 42.3 Å². The summed E-state index contributed by atoms with van der Waals surface area (Å²) in [6.45, 7) is 5.99. The number of halogens is 1. The van der Waals surface area contributed by atoms with Gasteiger partial charge in [-0.05, 0) is 66.6 Å². The number of hydrogen-bond donors (Lipinski definition) is 1. The van der Waals surface area contributed by atoms with Gasteiger partial charge in [0.25, 0.3) is 0 Å². The van der Waals surface area contributed by atoms with Gasteiger partial charge in [-0.3, -0.25) is 19.2 Å². The number of carbonyl (C=O) groups is 4. The first-order valence-electron chi connectivity index (χ1n) is 13.9. The summed E-state index contributed by atoms with van der Waals surface area (Å²) in [6, 6.07) is 11.9. The Balaban J connectivity index is 1.62. The zero-order valence-electron chi connectivity index (χ0n) is 24.4. The van der Waals surface area contributed by atoms with Gasteiger partial charge in [-0.2, -0.15) is 0 Å². The standard InChI is InChI=1S/C31H38FNO9/c1-19(34)33-14-13-23-11-12-26(17-27(23)24-8-7-9-25(32)16-24)38-15-6-5-10-28-30(41-21(3)36)31(42-22(4)37)29(18-39-28)40-20(2)35/h7-9,11-12,16-17,28-31H,5-6,10,13-15,18H2,1-4H3,(H,33,34)/t28?,29-,30-,31+/m1/s1. The first-order chi connectivity index (χ1) is 20.0. The molecule has 2 aromatic rings. The molecule has 1 heterocycles. The summed E-state index contributed by atoms with van der Waals surface area (Å²) in [5, 5.41) is 2.78. The van der Waals surface area contributed by atoms with Crippen LogP contribution in [0.25, 0.3) is 11.1 Å². The van der Waals surface area contributed by atoms with Crippen molar-refractivity contribution in [1.29, 1.82) is 0 Å². The largest absolute Gasteiger partial charge is 0.494 e. The molecule has 0 aliphatic carbocycles. The van der Waals surface area contributed by atoms with E-state index in [9.17, 15) is 23.6 Å². The number of rotatable bonds is 13. The van der Waals surface area contributed by atoms with Gasteiger partial charge in [-0.15, -0.1) is 0 Å². The maximum absolute atomic E-state index is 14.0. The van der Waals surface area contributed by atoms with Crippen LogP contribution in [0.5, 0.6) is 5.75 Å². The Morgan fingerprint density at radius 3 is 2.29 bits per heavy atom. The van der Waals surface area contributed by atoms with Crippen molar-refractivity contribution in [3.05, 3.63) is 53.8 Å². The predicted octanol–water partition coefficient (Wildman–Crippen LogP) is 3.91. The maximum atomic E-state index is 14.0. The van der Waals surface area contributed by atoms with Crippen LogP contribution in [-0.2, 0) is 44.5 Å². The lowest BCUT2D eigenvalue weighted by Crippen LogP contribution is -2.57. The van der Waals surface area contributed by atoms with Crippen LogP contribution in [0.2, 0.25) is 0 Å². The summed E-state index contributed by atoms with van der Waals surface area (Å²) >= 11 is 0. The van der Waals surface area contributed by atoms with E-state index in [-0.39, 0.29) is 18.3 Å². The van der Waals surface area contributed by atoms with Gasteiger partial charge in [-0.1, -0.05) is 18.2 Å². The number of nitrogens with one attached hydrogen (secondary N) is 1. The van der Waals surface area contributed by atoms with E-state index in [1.54, 1.807) is 6.07 Å². The van der Waals surface area contributed by atoms with Crippen molar-refractivity contribution >= 4 is 23.8 Å². The minimum Gasteiger partial charge on any atom is -0.494 e. The van der Waals surface area contributed by atoms with E-state index in [4.69, 9.17) is 23.7 Å². The highest BCUT2D eigenvalue weighted by atomic mass is 19.1. The van der Waals surface area contributed by atoms with E-state index in [2.05, 4.69) is 5.32 Å². The average molecular weight is 588 g/mol. The minimum absolute atomic E-state index is 0.00635. The predicted molar refractivity (Wildman–Crippen MR) is 150 cm³/mol. The van der Waals surface area contributed by atoms with Crippen molar-refractivity contribution in [2.24, 2.45) is 0 Å². The fourth-order valence-electron chi connectivity index (χ4n) is 4.86. The van der Waals surface area contributed by atoms with Gasteiger partial charge < -0.3 is 29.0 Å². The molecule has 0 aromatic heterocycles. The van der Waals surface area contributed by atoms with Crippen LogP contribution in [0.15, 0.2) is 42.5 Å². The van der Waals surface area contributed by atoms with Crippen molar-refractivity contribution in [2.75, 3.05) is 19.8 Å². The third kappa shape index (κ3) is 10.1. The van der Waals surface area contributed by atoms with E-state index >= 15 is 0 Å². The average Bonchev–Trinajstić information content (AvgIpc) is 2.91. The molecular weight excluding hydrogens is 549 g/mol. The third-order valence-corrected chi connectivity index (χ3v) is 6.59. The Morgan fingerprint density at radius 1 is 0.905 bits per heavy atom. The van der Waals surface area contributed by atoms with Crippen LogP contribution < -0.4 is 10.1 Å². The quantitative estimate of drug-likeness (QED) is 0.211. The van der Waals surface area contributed by atoms with Gasteiger partial charge in [0.05, 0.1) is 19.3 Å². The lowest BCUT2D eigenvalue weighted by molar-refractivity contribution is -0.226. The van der Waals surface area contributed by atoms with E-state index in [0.29, 0.717) is 50.1 Å². The van der Waals surface area contributed by atoms with Crippen LogP contribution >= 0.6 is 0 Å². The summed E-state index contributed by atoms with van der Waals surface area (Å²) in [6.07, 6.45) is -1.08. The Bertz CT molecular complexity index is 1250. The number of carbonyl (C=O) groups excluding carboxylic acids is 4. The number of unbranched alkanes of at least 4 members (excludes halogenated alkanes) is 1. The van der Waals surface area contributed by atoms with Gasteiger partial charge in [0.15, 0.2) is 18.3 Å². The number of amides is 1. The molecule has 0 spiro atoms. The Kier molecular flexibility index (Phi) is 12.3. The molecule has 3 rings (SSSR count). The lowest BCUT2D eigenvalue weighted by Gasteiger charge is -2.40. The van der Waals surface area contributed by atoms with Crippen molar-refractivity contribution in [3.8, 4) is 16.9 Å². The Labute approximate surface area is 244 Å². The fourth-order valence-corrected chi connectivity index (χ4v) is 4.86. The van der Waals surface area contributed by atoms with Gasteiger partial charge in [0.1, 0.15) is 11.6 Å². The molecule has 10 nitrogen and oxygen atoms in total. The SMILES string of the molecule is CC(=O)NCCc1ccc(OCCCCC2OC[C@@H](OC(C)=O)[C@H](OC(C)=O)[C@@H]2OC(C)=O)cc1-c1cccc(F)c1. The van der Waals surface area contributed by atoms with E-state index in [1.807, 2.05) is 24.3 Å². The molecule has 0 bridgehead atoms. The van der Waals surface area contributed by atoms with Crippen molar-refractivity contribution in [3.63, 3.8) is 0 Å². The van der Waals surface area contributed by atoms with Crippen LogP contribution in [0.1, 0.15) is 52.5 Å². The third-order valence-electron chi connectivity index (χ3n) is 6.59. The molecular formula is C31H38FNO9. The van der Waals surface area contributed by atoms with Crippen LogP contribution in [-0.4, -0.2) is 68.0 Å². The van der Waals surface area contributed by atoms with Gasteiger partial charge in [0, 0.05) is 34.2 Å². The highest BCUT2D eigenvalue weighted by molar-refractivity contribution is 5.73. The van der Waals surface area contributed by atoms with Crippen LogP contribution in [0.4, 0.5) is 4.39 Å². The molecule has 0 saturated carbocycles. The van der Waals surface area contributed by atoms with Crippen molar-refractivity contribution in [1.82, 2.24) is 5.32 Å². The van der Waals surface area contributed by atoms with Crippen molar-refractivity contribution < 1.29 is 47.3 Å². The molecule has 1 aliphatic rings. The molecule has 1 saturated heterocycles. The van der Waals surface area contributed by atoms with E-state index in [1.165, 1.54) is 39.8 Å². The van der Waals surface area contributed by atoms with E-state index in [0.717, 1.165) is 11.1 Å².